The molecule has 5 nitrogen and oxygen atoms in total. The van der Waals surface area contributed by atoms with Crippen LogP contribution >= 0.6 is 11.8 Å². The number of nitrogens with one attached hydrogen (secondary N) is 2. The average molecular weight is 296 g/mol. The zero-order valence-corrected chi connectivity index (χ0v) is 12.7. The number of carbonyl (C=O) groups is 2. The molecule has 0 aromatic heterocycles. The number of benzene rings is 1. The van der Waals surface area contributed by atoms with E-state index in [1.54, 1.807) is 11.8 Å². The first-order valence-electron chi connectivity index (χ1n) is 6.35. The monoisotopic (exact) mass is 296 g/mol. The van der Waals surface area contributed by atoms with Gasteiger partial charge in [0.15, 0.2) is 0 Å². The van der Waals surface area contributed by atoms with Gasteiger partial charge in [-0.25, -0.2) is 4.79 Å². The van der Waals surface area contributed by atoms with Gasteiger partial charge >= 0.3 is 12.0 Å². The van der Waals surface area contributed by atoms with Crippen molar-refractivity contribution in [3.05, 3.63) is 24.3 Å². The van der Waals surface area contributed by atoms with E-state index in [0.29, 0.717) is 5.69 Å². The molecule has 1 aromatic rings. The van der Waals surface area contributed by atoms with Crippen molar-refractivity contribution in [3.8, 4) is 0 Å². The highest BCUT2D eigenvalue weighted by Crippen LogP contribution is 2.17. The zero-order valence-electron chi connectivity index (χ0n) is 11.8. The van der Waals surface area contributed by atoms with Crippen LogP contribution < -0.4 is 10.6 Å². The second-order valence-electron chi connectivity index (χ2n) is 4.75. The van der Waals surface area contributed by atoms with E-state index in [4.69, 9.17) is 5.11 Å². The molecule has 0 aliphatic rings. The number of carboxylic acids is 1. The molecule has 0 aliphatic heterocycles. The molecule has 0 bridgehead atoms. The van der Waals surface area contributed by atoms with E-state index in [9.17, 15) is 9.59 Å². The van der Waals surface area contributed by atoms with Gasteiger partial charge in [0.05, 0.1) is 5.92 Å². The van der Waals surface area contributed by atoms with Crippen LogP contribution in [0, 0.1) is 11.8 Å². The van der Waals surface area contributed by atoms with Crippen LogP contribution in [0.1, 0.15) is 13.8 Å². The van der Waals surface area contributed by atoms with Gasteiger partial charge in [0.1, 0.15) is 0 Å². The Morgan fingerprint density at radius 1 is 1.25 bits per heavy atom. The maximum Gasteiger partial charge on any atom is 0.319 e. The lowest BCUT2D eigenvalue weighted by Gasteiger charge is -2.17. The van der Waals surface area contributed by atoms with Gasteiger partial charge in [-0.05, 0) is 36.4 Å². The number of anilines is 1. The van der Waals surface area contributed by atoms with E-state index in [1.165, 1.54) is 0 Å². The third-order valence-corrected chi connectivity index (χ3v) is 3.70. The van der Waals surface area contributed by atoms with Crippen molar-refractivity contribution in [1.82, 2.24) is 5.32 Å². The molecule has 2 amide bonds. The van der Waals surface area contributed by atoms with Crippen molar-refractivity contribution < 1.29 is 14.7 Å². The lowest BCUT2D eigenvalue weighted by atomic mass is 9.96. The van der Waals surface area contributed by atoms with Crippen molar-refractivity contribution in [3.63, 3.8) is 0 Å². The van der Waals surface area contributed by atoms with Crippen LogP contribution in [-0.4, -0.2) is 29.9 Å². The number of carbonyl (C=O) groups excluding carboxylic acids is 1. The van der Waals surface area contributed by atoms with Crippen molar-refractivity contribution >= 4 is 29.4 Å². The SMILES string of the molecule is CSc1ccc(NC(=O)NCC(C(=O)O)C(C)C)cc1. The van der Waals surface area contributed by atoms with Gasteiger partial charge in [-0.1, -0.05) is 13.8 Å². The van der Waals surface area contributed by atoms with E-state index in [2.05, 4.69) is 10.6 Å². The molecular weight excluding hydrogens is 276 g/mol. The van der Waals surface area contributed by atoms with Crippen LogP contribution in [0.2, 0.25) is 0 Å². The first-order valence-corrected chi connectivity index (χ1v) is 7.58. The topological polar surface area (TPSA) is 78.4 Å². The van der Waals surface area contributed by atoms with Crippen molar-refractivity contribution in [1.29, 1.82) is 0 Å². The minimum atomic E-state index is -0.898. The second-order valence-corrected chi connectivity index (χ2v) is 5.63. The number of hydrogen-bond acceptors (Lipinski definition) is 3. The molecule has 6 heteroatoms. The highest BCUT2D eigenvalue weighted by Gasteiger charge is 2.21. The first-order chi connectivity index (χ1) is 9.43. The van der Waals surface area contributed by atoms with Gasteiger partial charge < -0.3 is 15.7 Å². The molecule has 0 fully saturated rings. The first kappa shape index (κ1) is 16.4. The van der Waals surface area contributed by atoms with E-state index in [-0.39, 0.29) is 12.5 Å². The highest BCUT2D eigenvalue weighted by molar-refractivity contribution is 7.98. The molecule has 0 spiro atoms. The summed E-state index contributed by atoms with van der Waals surface area (Å²) in [7, 11) is 0. The normalized spacial score (nSPS) is 12.0. The van der Waals surface area contributed by atoms with Crippen LogP contribution in [-0.2, 0) is 4.79 Å². The maximum absolute atomic E-state index is 11.7. The Hall–Kier alpha value is -1.69. The van der Waals surface area contributed by atoms with Gasteiger partial charge in [0, 0.05) is 17.1 Å². The van der Waals surface area contributed by atoms with E-state index in [1.807, 2.05) is 44.4 Å². The number of aliphatic carboxylic acids is 1. The Morgan fingerprint density at radius 3 is 2.30 bits per heavy atom. The third-order valence-electron chi connectivity index (χ3n) is 2.95. The molecule has 20 heavy (non-hydrogen) atoms. The molecule has 3 N–H and O–H groups in total. The van der Waals surface area contributed by atoms with Crippen molar-refractivity contribution in [2.45, 2.75) is 18.7 Å². The summed E-state index contributed by atoms with van der Waals surface area (Å²) in [5.74, 6) is -1.52. The smallest absolute Gasteiger partial charge is 0.319 e. The Balaban J connectivity index is 2.48. The fourth-order valence-electron chi connectivity index (χ4n) is 1.66. The Kier molecular flexibility index (Phi) is 6.38. The van der Waals surface area contributed by atoms with Crippen LogP contribution in [0.4, 0.5) is 10.5 Å². The number of urea groups is 1. The zero-order chi connectivity index (χ0) is 15.1. The van der Waals surface area contributed by atoms with Gasteiger partial charge in [0.25, 0.3) is 0 Å². The average Bonchev–Trinajstić information content (AvgIpc) is 2.39. The minimum absolute atomic E-state index is 0.0336. The Labute approximate surface area is 123 Å². The molecule has 0 saturated carbocycles. The lowest BCUT2D eigenvalue weighted by molar-refractivity contribution is -0.142. The molecular formula is C14H20N2O3S. The summed E-state index contributed by atoms with van der Waals surface area (Å²) in [5.41, 5.74) is 0.678. The molecule has 1 unspecified atom stereocenters. The fraction of sp³-hybridized carbons (Fsp3) is 0.429. The van der Waals surface area contributed by atoms with Gasteiger partial charge in [-0.2, -0.15) is 0 Å². The summed E-state index contributed by atoms with van der Waals surface area (Å²) < 4.78 is 0. The molecule has 110 valence electrons. The van der Waals surface area contributed by atoms with Gasteiger partial charge in [-0.3, -0.25) is 4.79 Å². The number of thioether (sulfide) groups is 1. The molecule has 1 rings (SSSR count). The maximum atomic E-state index is 11.7. The molecule has 0 saturated heterocycles. The van der Waals surface area contributed by atoms with E-state index < -0.39 is 17.9 Å². The van der Waals surface area contributed by atoms with Gasteiger partial charge in [0.2, 0.25) is 0 Å². The van der Waals surface area contributed by atoms with Crippen molar-refractivity contribution in [2.75, 3.05) is 18.1 Å². The summed E-state index contributed by atoms with van der Waals surface area (Å²) in [5, 5.41) is 14.3. The van der Waals surface area contributed by atoms with Crippen LogP contribution in [0.25, 0.3) is 0 Å². The number of rotatable bonds is 6. The van der Waals surface area contributed by atoms with E-state index >= 15 is 0 Å². The third kappa shape index (κ3) is 5.13. The van der Waals surface area contributed by atoms with Crippen LogP contribution in [0.15, 0.2) is 29.2 Å². The summed E-state index contributed by atoms with van der Waals surface area (Å²) in [6.07, 6.45) is 1.98. The predicted octanol–water partition coefficient (Wildman–Crippen LogP) is 2.89. The van der Waals surface area contributed by atoms with Crippen LogP contribution in [0.3, 0.4) is 0 Å². The van der Waals surface area contributed by atoms with Gasteiger partial charge in [-0.15, -0.1) is 11.8 Å². The predicted molar refractivity (Wildman–Crippen MR) is 81.2 cm³/mol. The Bertz CT molecular complexity index is 460. The van der Waals surface area contributed by atoms with E-state index in [0.717, 1.165) is 4.90 Å². The molecule has 0 radical (unpaired) electrons. The summed E-state index contributed by atoms with van der Waals surface area (Å²) in [4.78, 5) is 23.8. The number of carboxylic acid groups (broad SMARTS) is 1. The molecule has 0 aliphatic carbocycles. The fourth-order valence-corrected chi connectivity index (χ4v) is 2.07. The summed E-state index contributed by atoms with van der Waals surface area (Å²) in [6.45, 7) is 3.75. The molecule has 1 atom stereocenters. The molecule has 1 aromatic carbocycles. The Morgan fingerprint density at radius 2 is 1.85 bits per heavy atom. The standard InChI is InChI=1S/C14H20N2O3S/c1-9(2)12(13(17)18)8-15-14(19)16-10-4-6-11(20-3)7-5-10/h4-7,9,12H,8H2,1-3H3,(H,17,18)(H2,15,16,19). The highest BCUT2D eigenvalue weighted by atomic mass is 32.2. The minimum Gasteiger partial charge on any atom is -0.481 e. The molecule has 0 heterocycles. The van der Waals surface area contributed by atoms with Crippen LogP contribution in [0.5, 0.6) is 0 Å². The lowest BCUT2D eigenvalue weighted by Crippen LogP contribution is -2.37. The summed E-state index contributed by atoms with van der Waals surface area (Å²) in [6, 6.07) is 7.04. The largest absolute Gasteiger partial charge is 0.481 e. The number of amides is 2. The second kappa shape index (κ2) is 7.79. The van der Waals surface area contributed by atoms with Crippen molar-refractivity contribution in [2.24, 2.45) is 11.8 Å². The quantitative estimate of drug-likeness (QED) is 0.705. The summed E-state index contributed by atoms with van der Waals surface area (Å²) >= 11 is 1.62. The number of hydrogen-bond donors (Lipinski definition) is 3.